The Balaban J connectivity index is 2.96. The van der Waals surface area contributed by atoms with Crippen LogP contribution in [0.3, 0.4) is 0 Å². The van der Waals surface area contributed by atoms with Crippen LogP contribution >= 0.6 is 0 Å². The van der Waals surface area contributed by atoms with Crippen molar-refractivity contribution >= 4 is 6.29 Å². The number of allylic oxidation sites excluding steroid dienone is 2. The van der Waals surface area contributed by atoms with E-state index in [2.05, 4.69) is 0 Å². The Hall–Kier alpha value is -0.930. The number of aliphatic hydroxyl groups is 1. The van der Waals surface area contributed by atoms with Crippen LogP contribution in [0, 0.1) is 5.92 Å². The fourth-order valence-corrected chi connectivity index (χ4v) is 1.20. The van der Waals surface area contributed by atoms with Gasteiger partial charge in [-0.1, -0.05) is 17.7 Å². The van der Waals surface area contributed by atoms with Crippen molar-refractivity contribution in [3.8, 4) is 0 Å². The first-order valence-electron chi connectivity index (χ1n) is 3.73. The molecule has 3 heteroatoms. The monoisotopic (exact) mass is 168 g/mol. The second kappa shape index (κ2) is 3.21. The van der Waals surface area contributed by atoms with Gasteiger partial charge in [0.15, 0.2) is 5.79 Å². The fourth-order valence-electron chi connectivity index (χ4n) is 1.20. The standard InChI is InChI=1S/C9H12O3/c1-7-3-4-8(6-10)9(11,5-7)12-2/h3-6,8,11H,1-2H3. The van der Waals surface area contributed by atoms with Crippen molar-refractivity contribution < 1.29 is 14.6 Å². The highest BCUT2D eigenvalue weighted by atomic mass is 16.6. The van der Waals surface area contributed by atoms with E-state index in [4.69, 9.17) is 4.74 Å². The predicted molar refractivity (Wildman–Crippen MR) is 44.4 cm³/mol. The van der Waals surface area contributed by atoms with E-state index >= 15 is 0 Å². The van der Waals surface area contributed by atoms with E-state index in [1.165, 1.54) is 13.2 Å². The van der Waals surface area contributed by atoms with E-state index in [9.17, 15) is 9.90 Å². The minimum atomic E-state index is -1.46. The van der Waals surface area contributed by atoms with Crippen LogP contribution in [-0.2, 0) is 9.53 Å². The van der Waals surface area contributed by atoms with Crippen LogP contribution in [0.15, 0.2) is 23.8 Å². The van der Waals surface area contributed by atoms with Crippen molar-refractivity contribution in [2.75, 3.05) is 7.11 Å². The summed E-state index contributed by atoms with van der Waals surface area (Å²) in [6, 6.07) is 0. The van der Waals surface area contributed by atoms with Gasteiger partial charge < -0.3 is 14.6 Å². The molecule has 0 fully saturated rings. The van der Waals surface area contributed by atoms with Gasteiger partial charge in [-0.05, 0) is 13.0 Å². The first-order chi connectivity index (χ1) is 5.62. The van der Waals surface area contributed by atoms with Crippen LogP contribution in [0.25, 0.3) is 0 Å². The molecule has 0 spiro atoms. The molecule has 0 radical (unpaired) electrons. The lowest BCUT2D eigenvalue weighted by Crippen LogP contribution is -2.39. The van der Waals surface area contributed by atoms with Crippen LogP contribution in [0.4, 0.5) is 0 Å². The molecule has 2 unspecified atom stereocenters. The molecule has 66 valence electrons. The first kappa shape index (κ1) is 9.16. The number of carbonyl (C=O) groups is 1. The molecule has 1 rings (SSSR count). The summed E-state index contributed by atoms with van der Waals surface area (Å²) >= 11 is 0. The molecule has 0 aromatic heterocycles. The van der Waals surface area contributed by atoms with E-state index < -0.39 is 11.7 Å². The average Bonchev–Trinajstić information content (AvgIpc) is 2.05. The molecule has 1 aliphatic carbocycles. The number of carbonyl (C=O) groups excluding carboxylic acids is 1. The predicted octanol–water partition coefficient (Wildman–Crippen LogP) is 0.653. The van der Waals surface area contributed by atoms with Crippen molar-refractivity contribution in [2.24, 2.45) is 5.92 Å². The highest BCUT2D eigenvalue weighted by Crippen LogP contribution is 2.26. The molecule has 0 amide bonds. The van der Waals surface area contributed by atoms with Gasteiger partial charge in [-0.15, -0.1) is 0 Å². The van der Waals surface area contributed by atoms with Crippen molar-refractivity contribution in [3.63, 3.8) is 0 Å². The van der Waals surface area contributed by atoms with Gasteiger partial charge in [-0.3, -0.25) is 0 Å². The smallest absolute Gasteiger partial charge is 0.198 e. The summed E-state index contributed by atoms with van der Waals surface area (Å²) < 4.78 is 4.85. The van der Waals surface area contributed by atoms with Crippen molar-refractivity contribution in [1.82, 2.24) is 0 Å². The SMILES string of the molecule is COC1(O)C=C(C)C=CC1C=O. The van der Waals surface area contributed by atoms with Gasteiger partial charge in [0.05, 0.1) is 5.92 Å². The van der Waals surface area contributed by atoms with Crippen molar-refractivity contribution in [1.29, 1.82) is 0 Å². The van der Waals surface area contributed by atoms with Crippen molar-refractivity contribution in [2.45, 2.75) is 12.7 Å². The lowest BCUT2D eigenvalue weighted by molar-refractivity contribution is -0.173. The Morgan fingerprint density at radius 2 is 2.42 bits per heavy atom. The van der Waals surface area contributed by atoms with Crippen LogP contribution in [0.2, 0.25) is 0 Å². The zero-order chi connectivity index (χ0) is 9.19. The summed E-state index contributed by atoms with van der Waals surface area (Å²) in [6.45, 7) is 1.83. The second-order valence-electron chi connectivity index (χ2n) is 2.87. The van der Waals surface area contributed by atoms with Gasteiger partial charge in [-0.25, -0.2) is 0 Å². The molecule has 0 saturated heterocycles. The third-order valence-electron chi connectivity index (χ3n) is 1.95. The van der Waals surface area contributed by atoms with Gasteiger partial charge in [-0.2, -0.15) is 0 Å². The summed E-state index contributed by atoms with van der Waals surface area (Å²) in [7, 11) is 1.37. The van der Waals surface area contributed by atoms with Crippen LogP contribution < -0.4 is 0 Å². The molecule has 1 N–H and O–H groups in total. The van der Waals surface area contributed by atoms with E-state index in [0.29, 0.717) is 6.29 Å². The topological polar surface area (TPSA) is 46.5 Å². The highest BCUT2D eigenvalue weighted by Gasteiger charge is 2.34. The molecule has 0 heterocycles. The Kier molecular flexibility index (Phi) is 2.45. The summed E-state index contributed by atoms with van der Waals surface area (Å²) in [4.78, 5) is 10.5. The number of hydrogen-bond donors (Lipinski definition) is 1. The van der Waals surface area contributed by atoms with Gasteiger partial charge in [0.1, 0.15) is 6.29 Å². The minimum Gasteiger partial charge on any atom is -0.361 e. The van der Waals surface area contributed by atoms with E-state index in [1.54, 1.807) is 12.2 Å². The van der Waals surface area contributed by atoms with Gasteiger partial charge >= 0.3 is 0 Å². The van der Waals surface area contributed by atoms with Crippen LogP contribution in [0.1, 0.15) is 6.92 Å². The highest BCUT2D eigenvalue weighted by molar-refractivity contribution is 5.61. The molecule has 0 aromatic carbocycles. The Labute approximate surface area is 71.3 Å². The summed E-state index contributed by atoms with van der Waals surface area (Å²) in [5.74, 6) is -2.06. The summed E-state index contributed by atoms with van der Waals surface area (Å²) in [6.07, 6.45) is 5.62. The van der Waals surface area contributed by atoms with Gasteiger partial charge in [0, 0.05) is 7.11 Å². The maximum Gasteiger partial charge on any atom is 0.198 e. The number of methoxy groups -OCH3 is 1. The van der Waals surface area contributed by atoms with Gasteiger partial charge in [0.2, 0.25) is 0 Å². The van der Waals surface area contributed by atoms with Crippen LogP contribution in [0.5, 0.6) is 0 Å². The Morgan fingerprint density at radius 1 is 1.75 bits per heavy atom. The molecule has 3 nitrogen and oxygen atoms in total. The quantitative estimate of drug-likeness (QED) is 0.486. The molecular weight excluding hydrogens is 156 g/mol. The van der Waals surface area contributed by atoms with Crippen molar-refractivity contribution in [3.05, 3.63) is 23.8 Å². The number of ether oxygens (including phenoxy) is 1. The molecule has 1 aliphatic rings. The molecule has 0 aliphatic heterocycles. The largest absolute Gasteiger partial charge is 0.361 e. The Bertz CT molecular complexity index is 242. The zero-order valence-electron chi connectivity index (χ0n) is 7.15. The molecular formula is C9H12O3. The van der Waals surface area contributed by atoms with Gasteiger partial charge in [0.25, 0.3) is 0 Å². The molecule has 0 bridgehead atoms. The van der Waals surface area contributed by atoms with E-state index in [1.807, 2.05) is 6.92 Å². The maximum absolute atomic E-state index is 10.5. The lowest BCUT2D eigenvalue weighted by Gasteiger charge is -2.29. The third kappa shape index (κ3) is 1.47. The number of hydrogen-bond acceptors (Lipinski definition) is 3. The first-order valence-corrected chi connectivity index (χ1v) is 3.73. The number of rotatable bonds is 2. The maximum atomic E-state index is 10.5. The average molecular weight is 168 g/mol. The van der Waals surface area contributed by atoms with E-state index in [-0.39, 0.29) is 0 Å². The number of aldehydes is 1. The summed E-state index contributed by atoms with van der Waals surface area (Å²) in [5.41, 5.74) is 0.887. The molecule has 12 heavy (non-hydrogen) atoms. The Morgan fingerprint density at radius 3 is 2.92 bits per heavy atom. The zero-order valence-corrected chi connectivity index (χ0v) is 7.15. The van der Waals surface area contributed by atoms with E-state index in [0.717, 1.165) is 5.57 Å². The lowest BCUT2D eigenvalue weighted by atomic mass is 9.92. The third-order valence-corrected chi connectivity index (χ3v) is 1.95. The molecule has 0 saturated carbocycles. The minimum absolute atomic E-state index is 0.605. The summed E-state index contributed by atoms with van der Waals surface area (Å²) in [5, 5.41) is 9.73. The normalized spacial score (nSPS) is 34.6. The molecule has 2 atom stereocenters. The molecule has 0 aromatic rings. The van der Waals surface area contributed by atoms with Crippen LogP contribution in [-0.4, -0.2) is 24.3 Å². The second-order valence-corrected chi connectivity index (χ2v) is 2.87. The fraction of sp³-hybridized carbons (Fsp3) is 0.444.